The molecule has 1 N–H and O–H groups in total. The average molecular weight is 282 g/mol. The number of hydrogen-bond donors (Lipinski definition) is 1. The highest BCUT2D eigenvalue weighted by atomic mass is 16.5. The lowest BCUT2D eigenvalue weighted by Gasteiger charge is -2.08. The number of carbonyl (C=O) groups excluding carboxylic acids is 2. The number of nitrogens with one attached hydrogen (secondary N) is 1. The summed E-state index contributed by atoms with van der Waals surface area (Å²) in [7, 11) is 3.07. The lowest BCUT2D eigenvalue weighted by Crippen LogP contribution is -2.25. The van der Waals surface area contributed by atoms with E-state index in [0.717, 1.165) is 27.0 Å². The smallest absolute Gasteiger partial charge is 0.328 e. The van der Waals surface area contributed by atoms with E-state index in [2.05, 4.69) is 5.32 Å². The van der Waals surface area contributed by atoms with Crippen molar-refractivity contribution in [1.29, 1.82) is 0 Å². The molecule has 5 heteroatoms. The van der Waals surface area contributed by atoms with E-state index in [9.17, 15) is 9.59 Å². The van der Waals surface area contributed by atoms with Gasteiger partial charge in [-0.25, -0.2) is 4.79 Å². The summed E-state index contributed by atoms with van der Waals surface area (Å²) in [6, 6.07) is 11.1. The molecule has 2 aromatic rings. The second-order valence-electron chi connectivity index (χ2n) is 4.75. The van der Waals surface area contributed by atoms with E-state index < -0.39 is 6.03 Å². The Balaban J connectivity index is 2.14. The summed E-state index contributed by atoms with van der Waals surface area (Å²) in [5.41, 5.74) is 1.13. The molecule has 0 unspecified atom stereocenters. The summed E-state index contributed by atoms with van der Waals surface area (Å²) in [4.78, 5) is 24.5. The van der Waals surface area contributed by atoms with Crippen LogP contribution in [0.4, 0.5) is 4.79 Å². The van der Waals surface area contributed by atoms with Crippen molar-refractivity contribution in [2.75, 3.05) is 14.2 Å². The standard InChI is InChI=1S/C16H14N2O3/c1-18-15(19)13(17-16(18)20)9-10-7-8-14(21-2)12-6-4-3-5-11(10)12/h3-9H,1-2H3,(H,17,20)/b13-9+. The summed E-state index contributed by atoms with van der Waals surface area (Å²) in [5.74, 6) is 0.437. The normalized spacial score (nSPS) is 16.7. The Bertz CT molecular complexity index is 780. The zero-order chi connectivity index (χ0) is 15.0. The number of carbonyl (C=O) groups is 2. The van der Waals surface area contributed by atoms with Gasteiger partial charge in [-0.05, 0) is 23.1 Å². The van der Waals surface area contributed by atoms with Crippen LogP contribution in [0.2, 0.25) is 0 Å². The van der Waals surface area contributed by atoms with Gasteiger partial charge in [0.05, 0.1) is 7.11 Å². The Morgan fingerprint density at radius 3 is 2.43 bits per heavy atom. The SMILES string of the molecule is COc1ccc(/C=C2/NC(=O)N(C)C2=O)c2ccccc12. The van der Waals surface area contributed by atoms with Crippen LogP contribution in [0.15, 0.2) is 42.1 Å². The predicted octanol–water partition coefficient (Wildman–Crippen LogP) is 2.37. The molecular weight excluding hydrogens is 268 g/mol. The van der Waals surface area contributed by atoms with E-state index in [-0.39, 0.29) is 11.6 Å². The topological polar surface area (TPSA) is 58.6 Å². The van der Waals surface area contributed by atoms with Gasteiger partial charge in [-0.2, -0.15) is 0 Å². The third-order valence-corrected chi connectivity index (χ3v) is 3.52. The summed E-state index contributed by atoms with van der Waals surface area (Å²) in [6.45, 7) is 0. The molecule has 5 nitrogen and oxygen atoms in total. The molecule has 0 aromatic heterocycles. The molecule has 0 saturated carbocycles. The molecule has 2 aromatic carbocycles. The quantitative estimate of drug-likeness (QED) is 0.679. The molecule has 106 valence electrons. The van der Waals surface area contributed by atoms with E-state index in [1.165, 1.54) is 7.05 Å². The van der Waals surface area contributed by atoms with Gasteiger partial charge in [0.25, 0.3) is 5.91 Å². The Labute approximate surface area is 121 Å². The van der Waals surface area contributed by atoms with Gasteiger partial charge in [0.2, 0.25) is 0 Å². The van der Waals surface area contributed by atoms with Gasteiger partial charge in [0.1, 0.15) is 11.4 Å². The number of nitrogens with zero attached hydrogens (tertiary/aromatic N) is 1. The van der Waals surface area contributed by atoms with E-state index >= 15 is 0 Å². The molecule has 0 radical (unpaired) electrons. The van der Waals surface area contributed by atoms with Crippen molar-refractivity contribution in [2.24, 2.45) is 0 Å². The second kappa shape index (κ2) is 4.94. The number of urea groups is 1. The minimum atomic E-state index is -0.413. The first-order chi connectivity index (χ1) is 10.1. The van der Waals surface area contributed by atoms with Gasteiger partial charge in [0.15, 0.2) is 0 Å². The van der Waals surface area contributed by atoms with Crippen molar-refractivity contribution in [3.63, 3.8) is 0 Å². The fraction of sp³-hybridized carbons (Fsp3) is 0.125. The van der Waals surface area contributed by atoms with Crippen LogP contribution in [0.5, 0.6) is 5.75 Å². The predicted molar refractivity (Wildman–Crippen MR) is 79.8 cm³/mol. The summed E-state index contributed by atoms with van der Waals surface area (Å²) >= 11 is 0. The number of hydrogen-bond acceptors (Lipinski definition) is 3. The van der Waals surface area contributed by atoms with E-state index in [0.29, 0.717) is 0 Å². The van der Waals surface area contributed by atoms with E-state index in [4.69, 9.17) is 4.74 Å². The first kappa shape index (κ1) is 13.2. The Hall–Kier alpha value is -2.82. The zero-order valence-corrected chi connectivity index (χ0v) is 11.7. The summed E-state index contributed by atoms with van der Waals surface area (Å²) in [5, 5.41) is 4.48. The number of methoxy groups -OCH3 is 1. The summed E-state index contributed by atoms with van der Waals surface area (Å²) in [6.07, 6.45) is 1.69. The fourth-order valence-electron chi connectivity index (χ4n) is 2.38. The Morgan fingerprint density at radius 2 is 1.81 bits per heavy atom. The largest absolute Gasteiger partial charge is 0.496 e. The van der Waals surface area contributed by atoms with Crippen LogP contribution in [0, 0.1) is 0 Å². The summed E-state index contributed by atoms with van der Waals surface area (Å²) < 4.78 is 5.34. The molecule has 1 fully saturated rings. The van der Waals surface area contributed by atoms with Crippen LogP contribution in [0.1, 0.15) is 5.56 Å². The molecule has 1 aliphatic heterocycles. The molecule has 1 heterocycles. The van der Waals surface area contributed by atoms with Gasteiger partial charge in [-0.3, -0.25) is 9.69 Å². The maximum Gasteiger partial charge on any atom is 0.328 e. The third-order valence-electron chi connectivity index (χ3n) is 3.52. The molecule has 3 rings (SSSR count). The van der Waals surface area contributed by atoms with Gasteiger partial charge in [0, 0.05) is 12.4 Å². The maximum atomic E-state index is 11.9. The molecule has 0 bridgehead atoms. The highest BCUT2D eigenvalue weighted by Crippen LogP contribution is 2.29. The molecular formula is C16H14N2O3. The van der Waals surface area contributed by atoms with Gasteiger partial charge < -0.3 is 10.1 Å². The van der Waals surface area contributed by atoms with Crippen molar-refractivity contribution in [3.8, 4) is 5.75 Å². The van der Waals surface area contributed by atoms with Crippen molar-refractivity contribution in [2.45, 2.75) is 0 Å². The molecule has 21 heavy (non-hydrogen) atoms. The number of amides is 3. The molecule has 1 aliphatic rings. The van der Waals surface area contributed by atoms with Gasteiger partial charge >= 0.3 is 6.03 Å². The molecule has 1 saturated heterocycles. The van der Waals surface area contributed by atoms with E-state index in [1.54, 1.807) is 13.2 Å². The van der Waals surface area contributed by atoms with Crippen LogP contribution in [0.25, 0.3) is 16.8 Å². The second-order valence-corrected chi connectivity index (χ2v) is 4.75. The number of fused-ring (bicyclic) bond motifs is 1. The number of imide groups is 1. The van der Waals surface area contributed by atoms with Crippen LogP contribution in [-0.2, 0) is 4.79 Å². The molecule has 0 atom stereocenters. The lowest BCUT2D eigenvalue weighted by atomic mass is 10.0. The van der Waals surface area contributed by atoms with Gasteiger partial charge in [-0.1, -0.05) is 30.3 Å². The Kier molecular flexibility index (Phi) is 3.10. The number of rotatable bonds is 2. The lowest BCUT2D eigenvalue weighted by molar-refractivity contribution is -0.121. The first-order valence-corrected chi connectivity index (χ1v) is 6.48. The number of benzene rings is 2. The van der Waals surface area contributed by atoms with Gasteiger partial charge in [-0.15, -0.1) is 0 Å². The van der Waals surface area contributed by atoms with Crippen LogP contribution in [0.3, 0.4) is 0 Å². The molecule has 0 spiro atoms. The average Bonchev–Trinajstić information content (AvgIpc) is 2.75. The zero-order valence-electron chi connectivity index (χ0n) is 11.7. The first-order valence-electron chi connectivity index (χ1n) is 6.48. The minimum Gasteiger partial charge on any atom is -0.496 e. The number of likely N-dealkylation sites (N-methyl/N-ethyl adjacent to an activating group) is 1. The maximum absolute atomic E-state index is 11.9. The Morgan fingerprint density at radius 1 is 1.10 bits per heavy atom. The minimum absolute atomic E-state index is 0.276. The van der Waals surface area contributed by atoms with E-state index in [1.807, 2.05) is 36.4 Å². The van der Waals surface area contributed by atoms with Crippen molar-refractivity contribution in [3.05, 3.63) is 47.7 Å². The molecule has 3 amide bonds. The number of ether oxygens (including phenoxy) is 1. The third kappa shape index (κ3) is 2.12. The highest BCUT2D eigenvalue weighted by Gasteiger charge is 2.30. The van der Waals surface area contributed by atoms with Crippen molar-refractivity contribution < 1.29 is 14.3 Å². The fourth-order valence-corrected chi connectivity index (χ4v) is 2.38. The van der Waals surface area contributed by atoms with Crippen LogP contribution in [-0.4, -0.2) is 31.0 Å². The molecule has 0 aliphatic carbocycles. The van der Waals surface area contributed by atoms with Crippen molar-refractivity contribution >= 4 is 28.8 Å². The van der Waals surface area contributed by atoms with Crippen LogP contribution >= 0.6 is 0 Å². The highest BCUT2D eigenvalue weighted by molar-refractivity contribution is 6.14. The van der Waals surface area contributed by atoms with Crippen molar-refractivity contribution in [1.82, 2.24) is 10.2 Å². The monoisotopic (exact) mass is 282 g/mol. The van der Waals surface area contributed by atoms with Crippen LogP contribution < -0.4 is 10.1 Å².